The Balaban J connectivity index is 1.76. The minimum atomic E-state index is -0.554. The van der Waals surface area contributed by atoms with Crippen molar-refractivity contribution in [3.8, 4) is 0 Å². The fraction of sp³-hybridized carbons (Fsp3) is 0.118. The van der Waals surface area contributed by atoms with Gasteiger partial charge in [0.1, 0.15) is 0 Å². The normalized spacial score (nSPS) is 10.6. The van der Waals surface area contributed by atoms with E-state index in [9.17, 15) is 19.7 Å². The molecule has 2 N–H and O–H groups in total. The number of aromatic nitrogens is 2. The third kappa shape index (κ3) is 3.87. The van der Waals surface area contributed by atoms with Gasteiger partial charge < -0.3 is 10.2 Å². The summed E-state index contributed by atoms with van der Waals surface area (Å²) in [4.78, 5) is 36.4. The Morgan fingerprint density at radius 1 is 1.30 bits per heavy atom. The lowest BCUT2D eigenvalue weighted by Gasteiger charge is -2.16. The lowest BCUT2D eigenvalue weighted by Crippen LogP contribution is -2.35. The fourth-order valence-electron chi connectivity index (χ4n) is 2.50. The Morgan fingerprint density at radius 2 is 2.04 bits per heavy atom. The number of halogens is 1. The molecule has 0 atom stereocenters. The monoisotopic (exact) mass is 387 g/mol. The third-order valence-corrected chi connectivity index (χ3v) is 4.16. The molecule has 2 aromatic carbocycles. The van der Waals surface area contributed by atoms with Crippen LogP contribution in [0.5, 0.6) is 0 Å². The topological polar surface area (TPSA) is 121 Å². The smallest absolute Gasteiger partial charge is 0.275 e. The van der Waals surface area contributed by atoms with Gasteiger partial charge in [-0.25, -0.2) is 0 Å². The molecule has 0 spiro atoms. The van der Waals surface area contributed by atoms with Crippen LogP contribution in [0, 0.1) is 10.1 Å². The van der Waals surface area contributed by atoms with Crippen LogP contribution < -0.4 is 5.32 Å². The number of nitro groups is 1. The number of likely N-dealkylation sites (N-methyl/N-ethyl adjacent to an activating group) is 1. The van der Waals surface area contributed by atoms with E-state index in [2.05, 4.69) is 15.5 Å². The Kier molecular flexibility index (Phi) is 5.04. The Labute approximate surface area is 158 Å². The van der Waals surface area contributed by atoms with E-state index in [1.54, 1.807) is 24.3 Å². The predicted molar refractivity (Wildman–Crippen MR) is 99.8 cm³/mol. The maximum absolute atomic E-state index is 12.6. The summed E-state index contributed by atoms with van der Waals surface area (Å²) in [6.45, 7) is -0.243. The van der Waals surface area contributed by atoms with Gasteiger partial charge in [0.05, 0.1) is 27.7 Å². The lowest BCUT2D eigenvalue weighted by atomic mass is 10.1. The second-order valence-corrected chi connectivity index (χ2v) is 6.16. The first-order valence-electron chi connectivity index (χ1n) is 7.79. The van der Waals surface area contributed by atoms with Gasteiger partial charge >= 0.3 is 0 Å². The van der Waals surface area contributed by atoms with E-state index in [1.165, 1.54) is 30.1 Å². The van der Waals surface area contributed by atoms with Crippen molar-refractivity contribution in [1.82, 2.24) is 15.1 Å². The van der Waals surface area contributed by atoms with Crippen LogP contribution in [0.3, 0.4) is 0 Å². The summed E-state index contributed by atoms with van der Waals surface area (Å²) in [7, 11) is 1.44. The molecule has 27 heavy (non-hydrogen) atoms. The Morgan fingerprint density at radius 3 is 2.74 bits per heavy atom. The van der Waals surface area contributed by atoms with E-state index < -0.39 is 16.7 Å². The van der Waals surface area contributed by atoms with E-state index in [0.29, 0.717) is 21.6 Å². The number of non-ortho nitro benzene ring substituents is 1. The zero-order valence-electron chi connectivity index (χ0n) is 14.1. The van der Waals surface area contributed by atoms with Crippen molar-refractivity contribution in [1.29, 1.82) is 0 Å². The summed E-state index contributed by atoms with van der Waals surface area (Å²) in [5.41, 5.74) is 0.766. The number of nitro benzene ring substituents is 1. The van der Waals surface area contributed by atoms with Crippen molar-refractivity contribution in [2.75, 3.05) is 18.9 Å². The molecule has 1 heterocycles. The van der Waals surface area contributed by atoms with Crippen LogP contribution >= 0.6 is 11.6 Å². The largest absolute Gasteiger partial charge is 0.331 e. The van der Waals surface area contributed by atoms with Crippen LogP contribution in [-0.2, 0) is 4.79 Å². The van der Waals surface area contributed by atoms with Crippen LogP contribution in [-0.4, -0.2) is 45.4 Å². The van der Waals surface area contributed by atoms with Crippen molar-refractivity contribution in [3.63, 3.8) is 0 Å². The molecule has 0 bridgehead atoms. The molecule has 0 aliphatic rings. The maximum atomic E-state index is 12.6. The van der Waals surface area contributed by atoms with Crippen molar-refractivity contribution < 1.29 is 14.5 Å². The fourth-order valence-corrected chi connectivity index (χ4v) is 2.68. The molecular formula is C17H14ClN5O4. The standard InChI is InChI=1S/C17H14ClN5O4/c1-22(9-15(24)19-14-5-3-2-4-12(14)18)17(25)16-11-8-10(23(26)27)6-7-13(11)20-21-16/h2-8H,9H2,1H3,(H,19,24)(H,20,21). The summed E-state index contributed by atoms with van der Waals surface area (Å²) >= 11 is 5.99. The predicted octanol–water partition coefficient (Wildman–Crippen LogP) is 2.84. The highest BCUT2D eigenvalue weighted by atomic mass is 35.5. The van der Waals surface area contributed by atoms with Crippen molar-refractivity contribution in [2.24, 2.45) is 0 Å². The zero-order valence-corrected chi connectivity index (χ0v) is 14.9. The molecule has 0 aliphatic heterocycles. The van der Waals surface area contributed by atoms with Gasteiger partial charge in [0, 0.05) is 24.6 Å². The van der Waals surface area contributed by atoms with Gasteiger partial charge in [0.2, 0.25) is 5.91 Å². The van der Waals surface area contributed by atoms with E-state index in [0.717, 1.165) is 0 Å². The average Bonchev–Trinajstić information content (AvgIpc) is 3.06. The molecule has 0 fully saturated rings. The highest BCUT2D eigenvalue weighted by Crippen LogP contribution is 2.23. The summed E-state index contributed by atoms with van der Waals surface area (Å²) in [5.74, 6) is -0.985. The van der Waals surface area contributed by atoms with Crippen LogP contribution in [0.25, 0.3) is 10.9 Å². The van der Waals surface area contributed by atoms with E-state index in [1.807, 2.05) is 0 Å². The second kappa shape index (κ2) is 7.42. The molecule has 0 radical (unpaired) electrons. The zero-order chi connectivity index (χ0) is 19.6. The molecule has 1 aromatic heterocycles. The number of hydrogen-bond acceptors (Lipinski definition) is 5. The van der Waals surface area contributed by atoms with Gasteiger partial charge in [-0.1, -0.05) is 23.7 Å². The number of para-hydroxylation sites is 1. The number of H-pyrrole nitrogens is 1. The second-order valence-electron chi connectivity index (χ2n) is 5.75. The number of nitrogens with zero attached hydrogens (tertiary/aromatic N) is 3. The van der Waals surface area contributed by atoms with Gasteiger partial charge in [-0.05, 0) is 18.2 Å². The number of benzene rings is 2. The molecule has 0 saturated carbocycles. The first-order valence-corrected chi connectivity index (χ1v) is 8.17. The van der Waals surface area contributed by atoms with Gasteiger partial charge in [-0.3, -0.25) is 24.8 Å². The maximum Gasteiger partial charge on any atom is 0.275 e. The first kappa shape index (κ1) is 18.3. The number of aromatic amines is 1. The summed E-state index contributed by atoms with van der Waals surface area (Å²) in [5, 5.41) is 20.8. The van der Waals surface area contributed by atoms with Crippen LogP contribution in [0.15, 0.2) is 42.5 Å². The molecule has 3 aromatic rings. The molecule has 0 unspecified atom stereocenters. The van der Waals surface area contributed by atoms with Crippen molar-refractivity contribution in [2.45, 2.75) is 0 Å². The Bertz CT molecular complexity index is 1050. The van der Waals surface area contributed by atoms with Crippen molar-refractivity contribution in [3.05, 3.63) is 63.3 Å². The van der Waals surface area contributed by atoms with E-state index >= 15 is 0 Å². The number of hydrogen-bond donors (Lipinski definition) is 2. The summed E-state index contributed by atoms with van der Waals surface area (Å²) < 4.78 is 0. The molecule has 0 saturated heterocycles. The van der Waals surface area contributed by atoms with Gasteiger partial charge in [-0.15, -0.1) is 0 Å². The number of rotatable bonds is 5. The highest BCUT2D eigenvalue weighted by Gasteiger charge is 2.22. The first-order chi connectivity index (χ1) is 12.9. The number of nitrogens with one attached hydrogen (secondary N) is 2. The average molecular weight is 388 g/mol. The number of amides is 2. The van der Waals surface area contributed by atoms with Crippen LogP contribution in [0.2, 0.25) is 5.02 Å². The van der Waals surface area contributed by atoms with Gasteiger partial charge in [0.15, 0.2) is 5.69 Å². The summed E-state index contributed by atoms with van der Waals surface area (Å²) in [6.07, 6.45) is 0. The SMILES string of the molecule is CN(CC(=O)Nc1ccccc1Cl)C(=O)c1n[nH]c2ccc([N+](=O)[O-])cc12. The molecule has 0 aliphatic carbocycles. The quantitative estimate of drug-likeness (QED) is 0.515. The Hall–Kier alpha value is -3.46. The van der Waals surface area contributed by atoms with Gasteiger partial charge in [-0.2, -0.15) is 5.10 Å². The molecule has 138 valence electrons. The lowest BCUT2D eigenvalue weighted by molar-refractivity contribution is -0.384. The van der Waals surface area contributed by atoms with Gasteiger partial charge in [0.25, 0.3) is 11.6 Å². The minimum absolute atomic E-state index is 0.00161. The minimum Gasteiger partial charge on any atom is -0.331 e. The highest BCUT2D eigenvalue weighted by molar-refractivity contribution is 6.33. The van der Waals surface area contributed by atoms with Crippen LogP contribution in [0.4, 0.5) is 11.4 Å². The number of fused-ring (bicyclic) bond motifs is 1. The molecule has 9 nitrogen and oxygen atoms in total. The summed E-state index contributed by atoms with van der Waals surface area (Å²) in [6, 6.07) is 10.8. The number of anilines is 1. The van der Waals surface area contributed by atoms with Crippen molar-refractivity contribution >= 4 is 45.7 Å². The molecule has 10 heteroatoms. The number of carbonyl (C=O) groups is 2. The molecular weight excluding hydrogens is 374 g/mol. The van der Waals surface area contributed by atoms with E-state index in [-0.39, 0.29) is 17.9 Å². The van der Waals surface area contributed by atoms with Crippen LogP contribution in [0.1, 0.15) is 10.5 Å². The van der Waals surface area contributed by atoms with E-state index in [4.69, 9.17) is 11.6 Å². The third-order valence-electron chi connectivity index (χ3n) is 3.84. The number of carbonyl (C=O) groups excluding carboxylic acids is 2. The molecule has 2 amide bonds. The molecule has 3 rings (SSSR count).